The van der Waals surface area contributed by atoms with Gasteiger partial charge in [0.05, 0.1) is 13.2 Å². The van der Waals surface area contributed by atoms with Gasteiger partial charge in [-0.2, -0.15) is 0 Å². The van der Waals surface area contributed by atoms with Crippen LogP contribution in [-0.4, -0.2) is 54.3 Å². The van der Waals surface area contributed by atoms with Crippen molar-refractivity contribution in [2.45, 2.75) is 168 Å². The Hall–Kier alpha value is -3.07. The van der Waals surface area contributed by atoms with Gasteiger partial charge in [-0.15, -0.1) is 0 Å². The molecule has 58 heavy (non-hydrogen) atoms. The summed E-state index contributed by atoms with van der Waals surface area (Å²) in [6, 6.07) is 0. The normalized spacial score (nSPS) is 14.2. The number of hydrogen-bond acceptors (Lipinski definition) is 7. The molecule has 1 amide bonds. The van der Waals surface area contributed by atoms with Gasteiger partial charge in [0.15, 0.2) is 0 Å². The Morgan fingerprint density at radius 1 is 0.552 bits per heavy atom. The lowest BCUT2D eigenvalue weighted by Crippen LogP contribution is -2.27. The molecule has 3 N–H and O–H groups in total. The zero-order valence-corrected chi connectivity index (χ0v) is 37.1. The Labute approximate surface area is 353 Å². The van der Waals surface area contributed by atoms with Gasteiger partial charge in [0.2, 0.25) is 5.91 Å². The Balaban J connectivity index is 3.70. The highest BCUT2D eigenvalue weighted by atomic mass is 31.2. The maximum Gasteiger partial charge on any atom is 0.472 e. The Morgan fingerprint density at radius 3 is 1.48 bits per heavy atom. The summed E-state index contributed by atoms with van der Waals surface area (Å²) in [5, 5.41) is 12.7. The lowest BCUT2D eigenvalue weighted by atomic mass is 10.1. The summed E-state index contributed by atoms with van der Waals surface area (Å²) in [6.07, 6.45) is 56.2. The number of allylic oxidation sites excluding steroid dienone is 16. The maximum absolute atomic E-state index is 12.1. The van der Waals surface area contributed by atoms with E-state index in [4.69, 9.17) is 13.8 Å². The van der Waals surface area contributed by atoms with Crippen molar-refractivity contribution < 1.29 is 37.9 Å². The number of phosphoric ester groups is 1. The van der Waals surface area contributed by atoms with E-state index in [9.17, 15) is 24.2 Å². The van der Waals surface area contributed by atoms with Gasteiger partial charge in [0.25, 0.3) is 0 Å². The van der Waals surface area contributed by atoms with E-state index in [2.05, 4.69) is 116 Å². The fourth-order valence-electron chi connectivity index (χ4n) is 5.40. The van der Waals surface area contributed by atoms with Gasteiger partial charge in [-0.1, -0.05) is 156 Å². The van der Waals surface area contributed by atoms with Gasteiger partial charge >= 0.3 is 13.8 Å². The molecule has 0 heterocycles. The van der Waals surface area contributed by atoms with Crippen molar-refractivity contribution >= 4 is 19.7 Å². The van der Waals surface area contributed by atoms with Gasteiger partial charge < -0.3 is 20.1 Å². The van der Waals surface area contributed by atoms with E-state index >= 15 is 0 Å². The van der Waals surface area contributed by atoms with E-state index in [1.54, 1.807) is 0 Å². The Morgan fingerprint density at radius 2 is 0.983 bits per heavy atom. The first-order valence-electron chi connectivity index (χ1n) is 22.2. The number of aliphatic hydroxyl groups is 1. The van der Waals surface area contributed by atoms with Gasteiger partial charge in [0, 0.05) is 19.4 Å². The second kappa shape index (κ2) is 43.5. The zero-order chi connectivity index (χ0) is 42.5. The van der Waals surface area contributed by atoms with Crippen LogP contribution in [0.15, 0.2) is 97.2 Å². The number of carbonyl (C=O) groups is 2. The molecule has 0 aromatic carbocycles. The van der Waals surface area contributed by atoms with E-state index in [0.29, 0.717) is 12.8 Å². The summed E-state index contributed by atoms with van der Waals surface area (Å²) in [5.74, 6) is -0.565. The summed E-state index contributed by atoms with van der Waals surface area (Å²) in [4.78, 5) is 33.9. The van der Waals surface area contributed by atoms with Crippen molar-refractivity contribution in [3.05, 3.63) is 97.2 Å². The van der Waals surface area contributed by atoms with Crippen LogP contribution in [0.4, 0.5) is 0 Å². The fraction of sp³-hybridized carbons (Fsp3) is 0.625. The molecule has 0 saturated carbocycles. The molecule has 0 aliphatic heterocycles. The molecule has 10 heteroatoms. The SMILES string of the molecule is CC/C=C\C/C=C\C/C=C\C/C=C\C/C=C\C/C=C\CCCCCCC(=O)NCCOP(=O)(O)OCC(O)COC(=O)CCCCCCC/C=C\C/C=C\CCCC. The average molecular weight is 830 g/mol. The third-order valence-corrected chi connectivity index (χ3v) is 9.73. The number of esters is 1. The van der Waals surface area contributed by atoms with Crippen LogP contribution in [0.1, 0.15) is 162 Å². The minimum absolute atomic E-state index is 0.0592. The van der Waals surface area contributed by atoms with Crippen LogP contribution in [0.25, 0.3) is 0 Å². The molecule has 0 fully saturated rings. The number of ether oxygens (including phenoxy) is 1. The van der Waals surface area contributed by atoms with Crippen LogP contribution in [0.2, 0.25) is 0 Å². The number of hydrogen-bond donors (Lipinski definition) is 3. The predicted octanol–water partition coefficient (Wildman–Crippen LogP) is 12.6. The van der Waals surface area contributed by atoms with Gasteiger partial charge in [0.1, 0.15) is 12.7 Å². The van der Waals surface area contributed by atoms with Crippen LogP contribution in [0.3, 0.4) is 0 Å². The number of rotatable bonds is 40. The second-order valence-electron chi connectivity index (χ2n) is 14.3. The van der Waals surface area contributed by atoms with Crippen LogP contribution in [0, 0.1) is 0 Å². The predicted molar refractivity (Wildman–Crippen MR) is 242 cm³/mol. The summed E-state index contributed by atoms with van der Waals surface area (Å²) < 4.78 is 26.9. The molecular weight excluding hydrogens is 750 g/mol. The van der Waals surface area contributed by atoms with Crippen molar-refractivity contribution in [3.8, 4) is 0 Å². The van der Waals surface area contributed by atoms with E-state index in [0.717, 1.165) is 116 Å². The average Bonchev–Trinajstić information content (AvgIpc) is 3.21. The van der Waals surface area contributed by atoms with Gasteiger partial charge in [-0.3, -0.25) is 18.6 Å². The molecule has 330 valence electrons. The molecule has 0 aliphatic carbocycles. The molecule has 2 atom stereocenters. The number of aliphatic hydroxyl groups excluding tert-OH is 1. The van der Waals surface area contributed by atoms with E-state index in [-0.39, 0.29) is 32.1 Å². The van der Waals surface area contributed by atoms with Crippen molar-refractivity contribution in [2.24, 2.45) is 0 Å². The zero-order valence-electron chi connectivity index (χ0n) is 36.2. The van der Waals surface area contributed by atoms with Crippen molar-refractivity contribution in [1.82, 2.24) is 5.32 Å². The molecule has 9 nitrogen and oxygen atoms in total. The molecule has 0 radical (unpaired) electrons. The molecule has 0 saturated heterocycles. The Kier molecular flexibility index (Phi) is 41.2. The largest absolute Gasteiger partial charge is 0.472 e. The highest BCUT2D eigenvalue weighted by Crippen LogP contribution is 2.42. The van der Waals surface area contributed by atoms with Gasteiger partial charge in [-0.05, 0) is 89.9 Å². The van der Waals surface area contributed by atoms with Crippen LogP contribution in [0.5, 0.6) is 0 Å². The van der Waals surface area contributed by atoms with Crippen molar-refractivity contribution in [1.29, 1.82) is 0 Å². The van der Waals surface area contributed by atoms with Crippen molar-refractivity contribution in [3.63, 3.8) is 0 Å². The first-order chi connectivity index (χ1) is 28.3. The van der Waals surface area contributed by atoms with Crippen LogP contribution >= 0.6 is 7.82 Å². The number of phosphoric acid groups is 1. The minimum Gasteiger partial charge on any atom is -0.463 e. The number of nitrogens with one attached hydrogen (secondary N) is 1. The number of amides is 1. The van der Waals surface area contributed by atoms with E-state index in [1.807, 2.05) is 0 Å². The number of unbranched alkanes of at least 4 members (excludes halogenated alkanes) is 11. The molecular formula is C48H80NO8P. The first kappa shape index (κ1) is 54.9. The molecule has 0 rings (SSSR count). The standard InChI is InChI=1S/C48H80NO8P/c1-3-5-7-9-11-13-15-17-19-20-21-22-23-24-25-26-27-28-30-32-34-36-38-40-47(51)49-42-43-56-58(53,54)57-45-46(50)44-55-48(52)41-39-37-35-33-31-29-18-16-14-12-10-8-6-4-2/h5,7,10-13,16-19,21-22,24-25,27-28,46,50H,3-4,6,8-9,14-15,20,23,26,29-45H2,1-2H3,(H,49,51)(H,53,54)/b7-5-,12-10-,13-11-,18-16-,19-17-,22-21-,25-24-,28-27-. The quantitative estimate of drug-likeness (QED) is 0.0241. The first-order valence-corrected chi connectivity index (χ1v) is 23.7. The summed E-state index contributed by atoms with van der Waals surface area (Å²) in [7, 11) is -4.44. The molecule has 0 bridgehead atoms. The molecule has 0 spiro atoms. The molecule has 2 unspecified atom stereocenters. The highest BCUT2D eigenvalue weighted by Gasteiger charge is 2.23. The van der Waals surface area contributed by atoms with Crippen LogP contribution in [-0.2, 0) is 27.9 Å². The van der Waals surface area contributed by atoms with Crippen molar-refractivity contribution in [2.75, 3.05) is 26.4 Å². The topological polar surface area (TPSA) is 131 Å². The summed E-state index contributed by atoms with van der Waals surface area (Å²) >= 11 is 0. The lowest BCUT2D eigenvalue weighted by molar-refractivity contribution is -0.147. The molecule has 0 aliphatic rings. The second-order valence-corrected chi connectivity index (χ2v) is 15.7. The highest BCUT2D eigenvalue weighted by molar-refractivity contribution is 7.47. The minimum atomic E-state index is -4.44. The number of carbonyl (C=O) groups excluding carboxylic acids is 2. The third kappa shape index (κ3) is 44.0. The fourth-order valence-corrected chi connectivity index (χ4v) is 6.16. The third-order valence-electron chi connectivity index (χ3n) is 8.75. The smallest absolute Gasteiger partial charge is 0.463 e. The van der Waals surface area contributed by atoms with E-state index in [1.165, 1.54) is 12.8 Å². The van der Waals surface area contributed by atoms with E-state index < -0.39 is 26.5 Å². The summed E-state index contributed by atoms with van der Waals surface area (Å²) in [6.45, 7) is 3.32. The lowest BCUT2D eigenvalue weighted by Gasteiger charge is -2.15. The van der Waals surface area contributed by atoms with Gasteiger partial charge in [-0.25, -0.2) is 4.57 Å². The van der Waals surface area contributed by atoms with Crippen LogP contribution < -0.4 is 5.32 Å². The summed E-state index contributed by atoms with van der Waals surface area (Å²) in [5.41, 5.74) is 0. The molecule has 0 aromatic rings. The Bertz CT molecular complexity index is 1270. The maximum atomic E-state index is 12.1. The molecule has 0 aromatic heterocycles. The monoisotopic (exact) mass is 830 g/mol.